The number of nitrogens with one attached hydrogen (secondary N) is 1. The molecule has 180 valence electrons. The van der Waals surface area contributed by atoms with Crippen LogP contribution in [0.15, 0.2) is 58.6 Å². The molecular formula is C26H20BrCl3N2O3. The lowest BCUT2D eigenvalue weighted by molar-refractivity contribution is -0.112. The van der Waals surface area contributed by atoms with Crippen LogP contribution in [0.5, 0.6) is 11.5 Å². The van der Waals surface area contributed by atoms with Crippen LogP contribution in [0.3, 0.4) is 0 Å². The molecule has 5 nitrogen and oxygen atoms in total. The van der Waals surface area contributed by atoms with Gasteiger partial charge in [-0.25, -0.2) is 0 Å². The summed E-state index contributed by atoms with van der Waals surface area (Å²) in [6.45, 7) is 4.29. The molecule has 35 heavy (non-hydrogen) atoms. The Labute approximate surface area is 227 Å². The normalized spacial score (nSPS) is 11.1. The van der Waals surface area contributed by atoms with Crippen LogP contribution >= 0.6 is 50.7 Å². The Hall–Kier alpha value is -2.69. The molecule has 0 saturated carbocycles. The summed E-state index contributed by atoms with van der Waals surface area (Å²) in [6.07, 6.45) is 1.47. The molecule has 0 spiro atoms. The lowest BCUT2D eigenvalue weighted by atomic mass is 10.1. The maximum absolute atomic E-state index is 12.7. The third-order valence-electron chi connectivity index (χ3n) is 4.86. The van der Waals surface area contributed by atoms with Crippen molar-refractivity contribution in [3.63, 3.8) is 0 Å². The van der Waals surface area contributed by atoms with Crippen LogP contribution in [-0.2, 0) is 11.4 Å². The van der Waals surface area contributed by atoms with E-state index in [1.165, 1.54) is 6.08 Å². The van der Waals surface area contributed by atoms with E-state index in [4.69, 9.17) is 44.3 Å². The second-order valence-corrected chi connectivity index (χ2v) is 9.47. The van der Waals surface area contributed by atoms with Gasteiger partial charge >= 0.3 is 0 Å². The molecule has 1 N–H and O–H groups in total. The van der Waals surface area contributed by atoms with Crippen LogP contribution in [0, 0.1) is 18.3 Å². The highest BCUT2D eigenvalue weighted by Gasteiger charge is 2.15. The zero-order chi connectivity index (χ0) is 25.5. The first kappa shape index (κ1) is 26.9. The largest absolute Gasteiger partial charge is 0.490 e. The van der Waals surface area contributed by atoms with E-state index in [1.54, 1.807) is 48.5 Å². The summed E-state index contributed by atoms with van der Waals surface area (Å²) in [5, 5.41) is 13.9. The van der Waals surface area contributed by atoms with Crippen molar-refractivity contribution in [3.05, 3.63) is 90.3 Å². The van der Waals surface area contributed by atoms with Gasteiger partial charge in [0, 0.05) is 30.8 Å². The van der Waals surface area contributed by atoms with Gasteiger partial charge in [0.2, 0.25) is 0 Å². The SMILES string of the molecule is CCOc1cc(/C=C(/C#N)C(=O)Nc2ccc(C)c(Cl)c2)c(Br)cc1OCc1ccc(Cl)cc1Cl. The van der Waals surface area contributed by atoms with E-state index in [-0.39, 0.29) is 12.2 Å². The average molecular weight is 595 g/mol. The first-order valence-electron chi connectivity index (χ1n) is 10.4. The zero-order valence-electron chi connectivity index (χ0n) is 18.8. The third-order valence-corrected chi connectivity index (χ3v) is 6.54. The van der Waals surface area contributed by atoms with E-state index >= 15 is 0 Å². The standard InChI is InChI=1S/C26H20BrCl3N2O3/c1-3-34-24-9-17(8-18(13-31)26(33)32-20-7-4-15(2)22(29)11-20)21(27)12-25(24)35-14-16-5-6-19(28)10-23(16)30/h4-12H,3,14H2,1-2H3,(H,32,33)/b18-8-. The number of halogens is 4. The van der Waals surface area contributed by atoms with Crippen LogP contribution < -0.4 is 14.8 Å². The topological polar surface area (TPSA) is 71.3 Å². The van der Waals surface area contributed by atoms with E-state index < -0.39 is 5.91 Å². The minimum Gasteiger partial charge on any atom is -0.490 e. The predicted molar refractivity (Wildman–Crippen MR) is 145 cm³/mol. The Morgan fingerprint density at radius 2 is 1.80 bits per heavy atom. The second kappa shape index (κ2) is 12.3. The number of amides is 1. The third kappa shape index (κ3) is 7.16. The lowest BCUT2D eigenvalue weighted by Gasteiger charge is -2.15. The van der Waals surface area contributed by atoms with Gasteiger partial charge in [0.15, 0.2) is 11.5 Å². The van der Waals surface area contributed by atoms with Crippen molar-refractivity contribution >= 4 is 68.4 Å². The molecule has 0 aromatic heterocycles. The molecule has 0 atom stereocenters. The van der Waals surface area contributed by atoms with Crippen LogP contribution in [0.25, 0.3) is 6.08 Å². The lowest BCUT2D eigenvalue weighted by Crippen LogP contribution is -2.13. The van der Waals surface area contributed by atoms with E-state index in [1.807, 2.05) is 19.9 Å². The number of benzene rings is 3. The van der Waals surface area contributed by atoms with Gasteiger partial charge in [-0.15, -0.1) is 0 Å². The van der Waals surface area contributed by atoms with E-state index in [0.717, 1.165) is 11.1 Å². The summed E-state index contributed by atoms with van der Waals surface area (Å²) < 4.78 is 12.3. The number of hydrogen-bond donors (Lipinski definition) is 1. The molecule has 9 heteroatoms. The molecule has 0 radical (unpaired) electrons. The monoisotopic (exact) mass is 592 g/mol. The van der Waals surface area contributed by atoms with Crippen molar-refractivity contribution in [2.75, 3.05) is 11.9 Å². The number of hydrogen-bond acceptors (Lipinski definition) is 4. The summed E-state index contributed by atoms with van der Waals surface area (Å²) in [4.78, 5) is 12.7. The maximum atomic E-state index is 12.7. The van der Waals surface area contributed by atoms with Gasteiger partial charge in [0.25, 0.3) is 5.91 Å². The van der Waals surface area contributed by atoms with Crippen LogP contribution in [0.4, 0.5) is 5.69 Å². The molecule has 0 aliphatic rings. The number of rotatable bonds is 8. The highest BCUT2D eigenvalue weighted by molar-refractivity contribution is 9.10. The Morgan fingerprint density at radius 1 is 1.06 bits per heavy atom. The van der Waals surface area contributed by atoms with Crippen molar-refractivity contribution in [1.82, 2.24) is 0 Å². The smallest absolute Gasteiger partial charge is 0.266 e. The summed E-state index contributed by atoms with van der Waals surface area (Å²) in [7, 11) is 0. The van der Waals surface area contributed by atoms with E-state index in [9.17, 15) is 10.1 Å². The Bertz CT molecular complexity index is 1340. The van der Waals surface area contributed by atoms with Gasteiger partial charge in [0.1, 0.15) is 18.2 Å². The van der Waals surface area contributed by atoms with Crippen molar-refractivity contribution in [2.24, 2.45) is 0 Å². The molecule has 0 aliphatic carbocycles. The molecule has 3 rings (SSSR count). The van der Waals surface area contributed by atoms with E-state index in [2.05, 4.69) is 21.2 Å². The predicted octanol–water partition coefficient (Wildman–Crippen LogP) is 8.24. The van der Waals surface area contributed by atoms with Gasteiger partial charge in [0.05, 0.1) is 6.61 Å². The minimum absolute atomic E-state index is 0.0912. The van der Waals surface area contributed by atoms with Gasteiger partial charge in [-0.1, -0.05) is 62.9 Å². The first-order valence-corrected chi connectivity index (χ1v) is 12.4. The minimum atomic E-state index is -0.560. The number of anilines is 1. The molecule has 0 fully saturated rings. The summed E-state index contributed by atoms with van der Waals surface area (Å²) in [5.74, 6) is 0.365. The number of nitriles is 1. The zero-order valence-corrected chi connectivity index (χ0v) is 22.6. The highest BCUT2D eigenvalue weighted by Crippen LogP contribution is 2.36. The fourth-order valence-corrected chi connectivity index (χ4v) is 4.09. The summed E-state index contributed by atoms with van der Waals surface area (Å²) in [6, 6.07) is 15.7. The van der Waals surface area contributed by atoms with E-state index in [0.29, 0.717) is 48.9 Å². The van der Waals surface area contributed by atoms with Crippen molar-refractivity contribution in [3.8, 4) is 17.6 Å². The quantitative estimate of drug-likeness (QED) is 0.211. The number of ether oxygens (including phenoxy) is 2. The van der Waals surface area contributed by atoms with Gasteiger partial charge in [-0.2, -0.15) is 5.26 Å². The van der Waals surface area contributed by atoms with Crippen LogP contribution in [0.2, 0.25) is 15.1 Å². The fraction of sp³-hybridized carbons (Fsp3) is 0.154. The second-order valence-electron chi connectivity index (χ2n) is 7.37. The molecule has 0 aliphatic heterocycles. The Kier molecular flexibility index (Phi) is 9.47. The number of aryl methyl sites for hydroxylation is 1. The number of nitrogens with zero attached hydrogens (tertiary/aromatic N) is 1. The summed E-state index contributed by atoms with van der Waals surface area (Å²) in [5.41, 5.74) is 2.61. The Morgan fingerprint density at radius 3 is 2.46 bits per heavy atom. The molecular weight excluding hydrogens is 575 g/mol. The maximum Gasteiger partial charge on any atom is 0.266 e. The van der Waals surface area contributed by atoms with Gasteiger partial charge in [-0.05, 0) is 67.4 Å². The molecule has 0 bridgehead atoms. The van der Waals surface area contributed by atoms with Crippen molar-refractivity contribution in [1.29, 1.82) is 5.26 Å². The molecule has 3 aromatic rings. The van der Waals surface area contributed by atoms with Crippen molar-refractivity contribution < 1.29 is 14.3 Å². The fourth-order valence-electron chi connectivity index (χ4n) is 3.01. The highest BCUT2D eigenvalue weighted by atomic mass is 79.9. The van der Waals surface area contributed by atoms with Gasteiger partial charge < -0.3 is 14.8 Å². The molecule has 3 aromatic carbocycles. The molecule has 0 saturated heterocycles. The number of carbonyl (C=O) groups excluding carboxylic acids is 1. The number of carbonyl (C=O) groups is 1. The average Bonchev–Trinajstić information content (AvgIpc) is 2.81. The summed E-state index contributed by atoms with van der Waals surface area (Å²) >= 11 is 21.8. The van der Waals surface area contributed by atoms with Crippen LogP contribution in [-0.4, -0.2) is 12.5 Å². The molecule has 0 heterocycles. The Balaban J connectivity index is 1.86. The van der Waals surface area contributed by atoms with Crippen molar-refractivity contribution in [2.45, 2.75) is 20.5 Å². The molecule has 1 amide bonds. The molecule has 0 unspecified atom stereocenters. The van der Waals surface area contributed by atoms with Gasteiger partial charge in [-0.3, -0.25) is 4.79 Å². The first-order chi connectivity index (χ1) is 16.7. The van der Waals surface area contributed by atoms with Crippen LogP contribution in [0.1, 0.15) is 23.6 Å².